The second-order valence-corrected chi connectivity index (χ2v) is 5.42. The molecule has 2 aromatic rings. The Kier molecular flexibility index (Phi) is 7.79. The first kappa shape index (κ1) is 18.5. The number of fused-ring (bicyclic) bond motifs is 1. The molecule has 1 aromatic carbocycles. The van der Waals surface area contributed by atoms with Crippen molar-refractivity contribution in [3.63, 3.8) is 0 Å². The van der Waals surface area contributed by atoms with Crippen molar-refractivity contribution in [3.05, 3.63) is 23.8 Å². The van der Waals surface area contributed by atoms with Crippen LogP contribution in [0.4, 0.5) is 0 Å². The third-order valence-corrected chi connectivity index (χ3v) is 3.99. The molecule has 1 atom stereocenters. The van der Waals surface area contributed by atoms with Gasteiger partial charge in [0.2, 0.25) is 0 Å². The smallest absolute Gasteiger partial charge is 0.105 e. The van der Waals surface area contributed by atoms with Crippen molar-refractivity contribution in [2.75, 3.05) is 26.2 Å². The van der Waals surface area contributed by atoms with E-state index >= 15 is 0 Å². The largest absolute Gasteiger partial charge is 0.376 e. The molecule has 21 heavy (non-hydrogen) atoms. The fraction of sp³-hybridized carbons (Fsp3) is 0.538. The Hall–Kier alpha value is -0.500. The Morgan fingerprint density at radius 2 is 2.10 bits per heavy atom. The lowest BCUT2D eigenvalue weighted by Crippen LogP contribution is -2.42. The molecule has 0 aliphatic carbocycles. The molecule has 118 valence electrons. The molecular formula is C13H20Cl2N4OS. The third-order valence-electron chi connectivity index (χ3n) is 3.44. The predicted molar refractivity (Wildman–Crippen MR) is 90.6 cm³/mol. The summed E-state index contributed by atoms with van der Waals surface area (Å²) in [5.41, 5.74) is 8.86. The van der Waals surface area contributed by atoms with E-state index in [-0.39, 0.29) is 30.9 Å². The molecule has 1 fully saturated rings. The summed E-state index contributed by atoms with van der Waals surface area (Å²) >= 11 is 1.27. The van der Waals surface area contributed by atoms with Crippen molar-refractivity contribution in [1.82, 2.24) is 13.6 Å². The Labute approximate surface area is 141 Å². The number of morpholine rings is 1. The van der Waals surface area contributed by atoms with Gasteiger partial charge in [-0.25, -0.2) is 0 Å². The number of hydrogen-bond acceptors (Lipinski definition) is 6. The maximum atomic E-state index is 5.70. The summed E-state index contributed by atoms with van der Waals surface area (Å²) in [5.74, 6) is 0. The molecule has 2 heterocycles. The number of benzene rings is 1. The molecule has 1 saturated heterocycles. The summed E-state index contributed by atoms with van der Waals surface area (Å²) < 4.78 is 14.2. The number of nitrogens with zero attached hydrogens (tertiary/aromatic N) is 3. The highest BCUT2D eigenvalue weighted by Gasteiger charge is 2.19. The fourth-order valence-corrected chi connectivity index (χ4v) is 2.99. The van der Waals surface area contributed by atoms with Crippen LogP contribution in [0.15, 0.2) is 18.2 Å². The quantitative estimate of drug-likeness (QED) is 0.914. The second-order valence-electron chi connectivity index (χ2n) is 4.89. The lowest BCUT2D eigenvalue weighted by Gasteiger charge is -2.32. The van der Waals surface area contributed by atoms with Gasteiger partial charge in [-0.1, -0.05) is 6.07 Å². The van der Waals surface area contributed by atoms with Gasteiger partial charge in [0.05, 0.1) is 24.4 Å². The number of ether oxygens (including phenoxy) is 1. The van der Waals surface area contributed by atoms with E-state index in [0.29, 0.717) is 6.54 Å². The van der Waals surface area contributed by atoms with Crippen molar-refractivity contribution in [2.45, 2.75) is 19.1 Å². The fourth-order valence-electron chi connectivity index (χ4n) is 2.47. The summed E-state index contributed by atoms with van der Waals surface area (Å²) in [4.78, 5) is 2.42. The van der Waals surface area contributed by atoms with Gasteiger partial charge in [-0.2, -0.15) is 8.75 Å². The molecule has 3 rings (SSSR count). The molecule has 1 aliphatic heterocycles. The van der Waals surface area contributed by atoms with E-state index < -0.39 is 0 Å². The van der Waals surface area contributed by atoms with Crippen LogP contribution >= 0.6 is 36.5 Å². The molecule has 0 amide bonds. The molecule has 2 N–H and O–H groups in total. The number of hydrogen-bond donors (Lipinski definition) is 1. The van der Waals surface area contributed by atoms with Crippen LogP contribution in [0.2, 0.25) is 0 Å². The molecule has 0 saturated carbocycles. The van der Waals surface area contributed by atoms with Crippen molar-refractivity contribution < 1.29 is 4.74 Å². The third kappa shape index (κ3) is 4.74. The van der Waals surface area contributed by atoms with Crippen LogP contribution in [0.3, 0.4) is 0 Å². The molecule has 1 aromatic heterocycles. The second kappa shape index (κ2) is 8.82. The van der Waals surface area contributed by atoms with E-state index in [4.69, 9.17) is 10.5 Å². The normalized spacial score (nSPS) is 19.0. The summed E-state index contributed by atoms with van der Waals surface area (Å²) in [6.07, 6.45) is 1.22. The molecule has 1 aliphatic rings. The molecule has 0 bridgehead atoms. The summed E-state index contributed by atoms with van der Waals surface area (Å²) in [6.45, 7) is 4.37. The summed E-state index contributed by atoms with van der Waals surface area (Å²) in [5, 5.41) is 0. The van der Waals surface area contributed by atoms with E-state index in [9.17, 15) is 0 Å². The maximum Gasteiger partial charge on any atom is 0.105 e. The van der Waals surface area contributed by atoms with E-state index in [2.05, 4.69) is 25.8 Å². The van der Waals surface area contributed by atoms with Crippen molar-refractivity contribution in [2.24, 2.45) is 5.73 Å². The minimum atomic E-state index is 0. The first-order valence-corrected chi connectivity index (χ1v) is 7.33. The molecule has 0 radical (unpaired) electrons. The molecule has 5 nitrogen and oxygen atoms in total. The van der Waals surface area contributed by atoms with Crippen LogP contribution in [0.1, 0.15) is 12.0 Å². The van der Waals surface area contributed by atoms with E-state index in [1.807, 2.05) is 6.07 Å². The monoisotopic (exact) mass is 350 g/mol. The highest BCUT2D eigenvalue weighted by Crippen LogP contribution is 2.17. The van der Waals surface area contributed by atoms with Gasteiger partial charge in [0.25, 0.3) is 0 Å². The first-order valence-electron chi connectivity index (χ1n) is 6.60. The standard InChI is InChI=1S/C13H18N4OS.2ClH/c14-4-3-11-9-17(5-6-18-11)8-10-1-2-12-13(7-10)16-19-15-12;;/h1-2,7,11H,3-6,8-9,14H2;2*1H. The van der Waals surface area contributed by atoms with E-state index in [1.54, 1.807) is 0 Å². The topological polar surface area (TPSA) is 64.3 Å². The van der Waals surface area contributed by atoms with Crippen LogP contribution in [0.5, 0.6) is 0 Å². The van der Waals surface area contributed by atoms with Crippen LogP contribution in [-0.2, 0) is 11.3 Å². The molecular weight excluding hydrogens is 331 g/mol. The van der Waals surface area contributed by atoms with Crippen molar-refractivity contribution in [1.29, 1.82) is 0 Å². The van der Waals surface area contributed by atoms with Crippen molar-refractivity contribution in [3.8, 4) is 0 Å². The number of rotatable bonds is 4. The highest BCUT2D eigenvalue weighted by atomic mass is 35.5. The van der Waals surface area contributed by atoms with Gasteiger partial charge >= 0.3 is 0 Å². The van der Waals surface area contributed by atoms with Gasteiger partial charge in [-0.05, 0) is 30.7 Å². The van der Waals surface area contributed by atoms with Gasteiger partial charge in [0.15, 0.2) is 0 Å². The molecule has 8 heteroatoms. The Bertz CT molecular complexity index is 552. The Morgan fingerprint density at radius 3 is 2.90 bits per heavy atom. The minimum Gasteiger partial charge on any atom is -0.376 e. The zero-order valence-electron chi connectivity index (χ0n) is 11.6. The van der Waals surface area contributed by atoms with Crippen LogP contribution < -0.4 is 5.73 Å². The zero-order chi connectivity index (χ0) is 13.1. The number of halogens is 2. The summed E-state index contributed by atoms with van der Waals surface area (Å²) in [7, 11) is 0. The van der Waals surface area contributed by atoms with Crippen LogP contribution in [0.25, 0.3) is 11.0 Å². The highest BCUT2D eigenvalue weighted by molar-refractivity contribution is 7.00. The van der Waals surface area contributed by atoms with Gasteiger partial charge in [0.1, 0.15) is 11.0 Å². The summed E-state index contributed by atoms with van der Waals surface area (Å²) in [6, 6.07) is 6.31. The van der Waals surface area contributed by atoms with Gasteiger partial charge < -0.3 is 10.5 Å². The van der Waals surface area contributed by atoms with Crippen LogP contribution in [-0.4, -0.2) is 46.0 Å². The van der Waals surface area contributed by atoms with E-state index in [0.717, 1.165) is 43.7 Å². The Morgan fingerprint density at radius 1 is 1.29 bits per heavy atom. The SMILES string of the molecule is Cl.Cl.NCCC1CN(Cc2ccc3nsnc3c2)CCO1. The predicted octanol–water partition coefficient (Wildman–Crippen LogP) is 2.08. The average Bonchev–Trinajstić information content (AvgIpc) is 2.87. The maximum absolute atomic E-state index is 5.70. The molecule has 0 spiro atoms. The lowest BCUT2D eigenvalue weighted by molar-refractivity contribution is -0.0335. The average molecular weight is 351 g/mol. The van der Waals surface area contributed by atoms with Crippen LogP contribution in [0, 0.1) is 0 Å². The number of nitrogens with two attached hydrogens (primary N) is 1. The first-order chi connectivity index (χ1) is 9.35. The Balaban J connectivity index is 0.00000110. The van der Waals surface area contributed by atoms with Gasteiger partial charge in [-0.15, -0.1) is 24.8 Å². The minimum absolute atomic E-state index is 0. The van der Waals surface area contributed by atoms with Gasteiger partial charge in [0, 0.05) is 19.6 Å². The van der Waals surface area contributed by atoms with Crippen molar-refractivity contribution >= 4 is 47.6 Å². The zero-order valence-corrected chi connectivity index (χ0v) is 14.1. The van der Waals surface area contributed by atoms with Gasteiger partial charge in [-0.3, -0.25) is 4.90 Å². The lowest BCUT2D eigenvalue weighted by atomic mass is 10.1. The number of aromatic nitrogens is 2. The molecule has 1 unspecified atom stereocenters. The van der Waals surface area contributed by atoms with E-state index in [1.165, 1.54) is 17.3 Å².